The minimum Gasteiger partial charge on any atom is -0.299 e. The van der Waals surface area contributed by atoms with Gasteiger partial charge in [-0.3, -0.25) is 19.2 Å². The van der Waals surface area contributed by atoms with Crippen molar-refractivity contribution in [3.8, 4) is 0 Å². The third-order valence-corrected chi connectivity index (χ3v) is 12.3. The van der Waals surface area contributed by atoms with Crippen LogP contribution in [0.25, 0.3) is 0 Å². The lowest BCUT2D eigenvalue weighted by molar-refractivity contribution is -0.142. The zero-order valence-electron chi connectivity index (χ0n) is 25.9. The Morgan fingerprint density at radius 1 is 0.643 bits per heavy atom. The third-order valence-electron chi connectivity index (χ3n) is 12.3. The van der Waals surface area contributed by atoms with Gasteiger partial charge in [-0.1, -0.05) is 63.3 Å². The Labute approximate surface area is 253 Å². The lowest BCUT2D eigenvalue weighted by atomic mass is 9.64. The molecule has 5 aliphatic rings. The van der Waals surface area contributed by atoms with Gasteiger partial charge in [0.15, 0.2) is 0 Å². The molecule has 2 atom stereocenters. The average Bonchev–Trinajstić information content (AvgIpc) is 3.87. The van der Waals surface area contributed by atoms with Crippen LogP contribution in [0.5, 0.6) is 0 Å². The standard InChI is InChI=1S/C38H52O4/c1-38(24-36(41)29-17-18-29,37(42)30-19-11-26(12-20-30)25-7-3-2-4-8-25)23-35(40)28-15-13-27(14-16-28)33-21-31-9-5-6-10-32(31)22-34(33)39/h5-6,9-10,25-30,33H,2-4,7-8,11-24H2,1H3/t26?,27?,28?,30?,33?,38-/m1/s1. The van der Waals surface area contributed by atoms with E-state index in [1.807, 2.05) is 13.0 Å². The highest BCUT2D eigenvalue weighted by Gasteiger charge is 2.46. The van der Waals surface area contributed by atoms with Crippen LogP contribution in [-0.4, -0.2) is 23.1 Å². The van der Waals surface area contributed by atoms with Crippen LogP contribution >= 0.6 is 0 Å². The summed E-state index contributed by atoms with van der Waals surface area (Å²) in [4.78, 5) is 54.0. The van der Waals surface area contributed by atoms with Crippen LogP contribution in [0.3, 0.4) is 0 Å². The topological polar surface area (TPSA) is 68.3 Å². The van der Waals surface area contributed by atoms with Gasteiger partial charge < -0.3 is 0 Å². The smallest absolute Gasteiger partial charge is 0.142 e. The molecule has 4 heteroatoms. The second-order valence-corrected chi connectivity index (χ2v) is 15.3. The Morgan fingerprint density at radius 3 is 1.74 bits per heavy atom. The van der Waals surface area contributed by atoms with Gasteiger partial charge in [0.2, 0.25) is 0 Å². The lowest BCUT2D eigenvalue weighted by Gasteiger charge is -2.39. The maximum absolute atomic E-state index is 14.2. The van der Waals surface area contributed by atoms with Crippen molar-refractivity contribution in [1.29, 1.82) is 0 Å². The van der Waals surface area contributed by atoms with Crippen LogP contribution in [0.15, 0.2) is 24.3 Å². The summed E-state index contributed by atoms with van der Waals surface area (Å²) in [5.41, 5.74) is 1.62. The van der Waals surface area contributed by atoms with E-state index in [1.165, 1.54) is 43.2 Å². The Bertz CT molecular complexity index is 1160. The minimum atomic E-state index is -0.862. The molecule has 1 aromatic carbocycles. The van der Waals surface area contributed by atoms with Gasteiger partial charge in [0, 0.05) is 48.3 Å². The van der Waals surface area contributed by atoms with E-state index in [4.69, 9.17) is 0 Å². The molecule has 0 bridgehead atoms. The van der Waals surface area contributed by atoms with E-state index in [0.717, 1.165) is 82.5 Å². The zero-order chi connectivity index (χ0) is 29.3. The molecule has 228 valence electrons. The molecule has 42 heavy (non-hydrogen) atoms. The summed E-state index contributed by atoms with van der Waals surface area (Å²) in [5, 5.41) is 0. The summed E-state index contributed by atoms with van der Waals surface area (Å²) in [6.45, 7) is 1.95. The molecule has 5 aliphatic carbocycles. The Morgan fingerprint density at radius 2 is 1.14 bits per heavy atom. The number of carbonyl (C=O) groups is 4. The van der Waals surface area contributed by atoms with E-state index in [2.05, 4.69) is 18.2 Å². The SMILES string of the molecule is C[C@](CC(=O)C1CC1)(CC(=O)C1CCC(C2Cc3ccccc3CC2=O)CC1)C(=O)C1CCC(C2CCCCC2)CC1. The van der Waals surface area contributed by atoms with Gasteiger partial charge in [0.1, 0.15) is 23.1 Å². The molecule has 0 spiro atoms. The van der Waals surface area contributed by atoms with Gasteiger partial charge >= 0.3 is 0 Å². The lowest BCUT2D eigenvalue weighted by Crippen LogP contribution is -2.41. The Kier molecular flexibility index (Phi) is 9.17. The van der Waals surface area contributed by atoms with Gasteiger partial charge in [-0.15, -0.1) is 0 Å². The summed E-state index contributed by atoms with van der Waals surface area (Å²) in [6, 6.07) is 8.32. The van der Waals surface area contributed by atoms with Gasteiger partial charge in [-0.25, -0.2) is 0 Å². The van der Waals surface area contributed by atoms with Crippen LogP contribution in [0.1, 0.15) is 127 Å². The van der Waals surface area contributed by atoms with E-state index in [0.29, 0.717) is 18.1 Å². The molecular weight excluding hydrogens is 520 g/mol. The molecule has 0 amide bonds. The van der Waals surface area contributed by atoms with Crippen LogP contribution in [0, 0.1) is 46.8 Å². The maximum atomic E-state index is 14.2. The fraction of sp³-hybridized carbons (Fsp3) is 0.737. The summed E-state index contributed by atoms with van der Waals surface area (Å²) < 4.78 is 0. The molecule has 4 fully saturated rings. The molecule has 1 unspecified atom stereocenters. The van der Waals surface area contributed by atoms with Crippen molar-refractivity contribution in [3.05, 3.63) is 35.4 Å². The van der Waals surface area contributed by atoms with Gasteiger partial charge in [0.05, 0.1) is 0 Å². The second kappa shape index (κ2) is 12.9. The number of hydrogen-bond donors (Lipinski definition) is 0. The van der Waals surface area contributed by atoms with E-state index >= 15 is 0 Å². The van der Waals surface area contributed by atoms with E-state index < -0.39 is 5.41 Å². The summed E-state index contributed by atoms with van der Waals surface area (Å²) in [6.07, 6.45) is 18.1. The number of carbonyl (C=O) groups excluding carboxylic acids is 4. The van der Waals surface area contributed by atoms with Gasteiger partial charge in [0.25, 0.3) is 0 Å². The van der Waals surface area contributed by atoms with E-state index in [-0.39, 0.29) is 53.9 Å². The quantitative estimate of drug-likeness (QED) is 0.284. The predicted molar refractivity (Wildman–Crippen MR) is 165 cm³/mol. The number of ketones is 4. The molecule has 0 aromatic heterocycles. The van der Waals surface area contributed by atoms with Crippen LogP contribution < -0.4 is 0 Å². The molecule has 0 saturated heterocycles. The van der Waals surface area contributed by atoms with E-state index in [9.17, 15) is 19.2 Å². The van der Waals surface area contributed by atoms with Crippen molar-refractivity contribution < 1.29 is 19.2 Å². The number of hydrogen-bond acceptors (Lipinski definition) is 4. The predicted octanol–water partition coefficient (Wildman–Crippen LogP) is 8.07. The van der Waals surface area contributed by atoms with Crippen molar-refractivity contribution >= 4 is 23.1 Å². The fourth-order valence-corrected chi connectivity index (χ4v) is 9.52. The Balaban J connectivity index is 1.06. The van der Waals surface area contributed by atoms with Crippen molar-refractivity contribution in [2.75, 3.05) is 0 Å². The molecule has 1 aromatic rings. The second-order valence-electron chi connectivity index (χ2n) is 15.3. The normalized spacial score (nSPS) is 32.0. The number of benzene rings is 1. The van der Waals surface area contributed by atoms with Crippen molar-refractivity contribution in [2.45, 2.75) is 129 Å². The molecule has 0 N–H and O–H groups in total. The third kappa shape index (κ3) is 6.68. The Hall–Kier alpha value is -2.10. The monoisotopic (exact) mass is 572 g/mol. The largest absolute Gasteiger partial charge is 0.299 e. The number of fused-ring (bicyclic) bond motifs is 1. The molecule has 0 radical (unpaired) electrons. The summed E-state index contributed by atoms with van der Waals surface area (Å²) in [5.74, 6) is 3.04. The molecular formula is C38H52O4. The minimum absolute atomic E-state index is 0.00516. The zero-order valence-corrected chi connectivity index (χ0v) is 25.9. The molecule has 4 saturated carbocycles. The van der Waals surface area contributed by atoms with Gasteiger partial charge in [-0.05, 0) is 99.5 Å². The maximum Gasteiger partial charge on any atom is 0.142 e. The first kappa shape index (κ1) is 29.9. The summed E-state index contributed by atoms with van der Waals surface area (Å²) >= 11 is 0. The summed E-state index contributed by atoms with van der Waals surface area (Å²) in [7, 11) is 0. The van der Waals surface area contributed by atoms with Crippen LogP contribution in [0.4, 0.5) is 0 Å². The highest BCUT2D eigenvalue weighted by molar-refractivity contribution is 5.97. The highest BCUT2D eigenvalue weighted by Crippen LogP contribution is 2.46. The van der Waals surface area contributed by atoms with E-state index in [1.54, 1.807) is 0 Å². The highest BCUT2D eigenvalue weighted by atomic mass is 16.1. The van der Waals surface area contributed by atoms with Crippen LogP contribution in [-0.2, 0) is 32.0 Å². The van der Waals surface area contributed by atoms with Gasteiger partial charge in [-0.2, -0.15) is 0 Å². The van der Waals surface area contributed by atoms with Crippen molar-refractivity contribution in [1.82, 2.24) is 0 Å². The number of rotatable bonds is 10. The molecule has 0 aliphatic heterocycles. The first-order chi connectivity index (χ1) is 20.3. The molecule has 6 rings (SSSR count). The molecule has 4 nitrogen and oxygen atoms in total. The van der Waals surface area contributed by atoms with Crippen molar-refractivity contribution in [3.63, 3.8) is 0 Å². The van der Waals surface area contributed by atoms with Crippen LogP contribution in [0.2, 0.25) is 0 Å². The first-order valence-electron chi connectivity index (χ1n) is 17.5. The number of Topliss-reactive ketones (excluding diaryl/α,β-unsaturated/α-hetero) is 4. The van der Waals surface area contributed by atoms with Crippen molar-refractivity contribution in [2.24, 2.45) is 46.8 Å². The fourth-order valence-electron chi connectivity index (χ4n) is 9.52. The first-order valence-corrected chi connectivity index (χ1v) is 17.5. The average molecular weight is 573 g/mol. The molecule has 0 heterocycles.